The molecule has 0 bridgehead atoms. The number of benzene rings is 2. The van der Waals surface area contributed by atoms with E-state index in [0.29, 0.717) is 18.7 Å². The van der Waals surface area contributed by atoms with Crippen molar-refractivity contribution < 1.29 is 9.53 Å². The lowest BCUT2D eigenvalue weighted by Gasteiger charge is -2.11. The zero-order valence-corrected chi connectivity index (χ0v) is 14.3. The van der Waals surface area contributed by atoms with Crippen LogP contribution in [0.2, 0.25) is 0 Å². The molecule has 0 aliphatic heterocycles. The Balaban J connectivity index is 1.84. The zero-order valence-electron chi connectivity index (χ0n) is 12.2. The largest absolute Gasteiger partial charge is 0.491 e. The van der Waals surface area contributed by atoms with Gasteiger partial charge in [-0.1, -0.05) is 24.3 Å². The maximum absolute atomic E-state index is 12.0. The van der Waals surface area contributed by atoms with E-state index in [9.17, 15) is 4.79 Å². The second-order valence-electron chi connectivity index (χ2n) is 4.85. The fourth-order valence-corrected chi connectivity index (χ4v) is 2.56. The van der Waals surface area contributed by atoms with E-state index in [-0.39, 0.29) is 5.91 Å². The van der Waals surface area contributed by atoms with Gasteiger partial charge in [0, 0.05) is 3.57 Å². The molecule has 1 N–H and O–H groups in total. The summed E-state index contributed by atoms with van der Waals surface area (Å²) >= 11 is 2.16. The summed E-state index contributed by atoms with van der Waals surface area (Å²) in [7, 11) is 0. The third-order valence-corrected chi connectivity index (χ3v) is 4.05. The van der Waals surface area contributed by atoms with Crippen LogP contribution in [0.3, 0.4) is 0 Å². The highest BCUT2D eigenvalue weighted by Gasteiger charge is 2.08. The predicted molar refractivity (Wildman–Crippen MR) is 92.9 cm³/mol. The van der Waals surface area contributed by atoms with Gasteiger partial charge < -0.3 is 10.1 Å². The Labute approximate surface area is 138 Å². The molecule has 0 heterocycles. The summed E-state index contributed by atoms with van der Waals surface area (Å²) < 4.78 is 6.66. The summed E-state index contributed by atoms with van der Waals surface area (Å²) in [6.07, 6.45) is 0. The van der Waals surface area contributed by atoms with E-state index in [1.165, 1.54) is 5.56 Å². The second-order valence-corrected chi connectivity index (χ2v) is 6.02. The van der Waals surface area contributed by atoms with Gasteiger partial charge in [-0.3, -0.25) is 4.79 Å². The van der Waals surface area contributed by atoms with Crippen molar-refractivity contribution in [2.24, 2.45) is 0 Å². The maximum Gasteiger partial charge on any atom is 0.252 e. The molecule has 0 aliphatic rings. The number of ether oxygens (including phenoxy) is 1. The van der Waals surface area contributed by atoms with Crippen LogP contribution in [0, 0.1) is 17.4 Å². The Bertz CT molecular complexity index is 640. The van der Waals surface area contributed by atoms with Gasteiger partial charge in [0.1, 0.15) is 12.4 Å². The minimum absolute atomic E-state index is 0.0652. The number of rotatable bonds is 5. The third-order valence-electron chi connectivity index (χ3n) is 3.11. The summed E-state index contributed by atoms with van der Waals surface area (Å²) in [5.41, 5.74) is 2.97. The lowest BCUT2D eigenvalue weighted by molar-refractivity contribution is 0.0946. The van der Waals surface area contributed by atoms with E-state index in [1.54, 1.807) is 0 Å². The van der Waals surface area contributed by atoms with Crippen molar-refractivity contribution in [2.75, 3.05) is 13.2 Å². The SMILES string of the molecule is Cc1ccc(C)c(OCCNC(=O)c2ccccc2I)c1. The molecule has 110 valence electrons. The molecule has 2 aromatic rings. The van der Waals surface area contributed by atoms with Gasteiger partial charge in [-0.25, -0.2) is 0 Å². The van der Waals surface area contributed by atoms with Gasteiger partial charge in [-0.15, -0.1) is 0 Å². The van der Waals surface area contributed by atoms with E-state index in [2.05, 4.69) is 34.0 Å². The van der Waals surface area contributed by atoms with Crippen LogP contribution in [-0.2, 0) is 0 Å². The first kappa shape index (κ1) is 15.8. The van der Waals surface area contributed by atoms with E-state index >= 15 is 0 Å². The summed E-state index contributed by atoms with van der Waals surface area (Å²) in [6.45, 7) is 4.99. The lowest BCUT2D eigenvalue weighted by atomic mass is 10.1. The first-order valence-corrected chi connectivity index (χ1v) is 7.88. The average Bonchev–Trinajstić information content (AvgIpc) is 2.47. The molecule has 4 heteroatoms. The van der Waals surface area contributed by atoms with Gasteiger partial charge in [-0.05, 0) is 65.8 Å². The van der Waals surface area contributed by atoms with Gasteiger partial charge >= 0.3 is 0 Å². The van der Waals surface area contributed by atoms with Gasteiger partial charge in [0.15, 0.2) is 0 Å². The van der Waals surface area contributed by atoms with E-state index in [4.69, 9.17) is 4.74 Å². The van der Waals surface area contributed by atoms with Gasteiger partial charge in [0.05, 0.1) is 12.1 Å². The highest BCUT2D eigenvalue weighted by atomic mass is 127. The highest BCUT2D eigenvalue weighted by molar-refractivity contribution is 14.1. The zero-order chi connectivity index (χ0) is 15.2. The number of aryl methyl sites for hydroxylation is 2. The molecule has 0 atom stereocenters. The van der Waals surface area contributed by atoms with Crippen LogP contribution < -0.4 is 10.1 Å². The maximum atomic E-state index is 12.0. The number of carbonyl (C=O) groups excluding carboxylic acids is 1. The number of hydrogen-bond acceptors (Lipinski definition) is 2. The lowest BCUT2D eigenvalue weighted by Crippen LogP contribution is -2.28. The van der Waals surface area contributed by atoms with Crippen LogP contribution in [0.15, 0.2) is 42.5 Å². The van der Waals surface area contributed by atoms with E-state index in [0.717, 1.165) is 14.9 Å². The van der Waals surface area contributed by atoms with Crippen molar-refractivity contribution in [3.8, 4) is 5.75 Å². The quantitative estimate of drug-likeness (QED) is 0.619. The number of halogens is 1. The van der Waals surface area contributed by atoms with Gasteiger partial charge in [-0.2, -0.15) is 0 Å². The van der Waals surface area contributed by atoms with Crippen molar-refractivity contribution in [2.45, 2.75) is 13.8 Å². The third kappa shape index (κ3) is 4.46. The molecule has 0 spiro atoms. The molecule has 0 fully saturated rings. The Kier molecular flexibility index (Phi) is 5.61. The van der Waals surface area contributed by atoms with Crippen LogP contribution in [-0.4, -0.2) is 19.1 Å². The summed E-state index contributed by atoms with van der Waals surface area (Å²) in [5, 5.41) is 2.88. The Morgan fingerprint density at radius 3 is 2.71 bits per heavy atom. The first-order chi connectivity index (χ1) is 10.1. The number of amides is 1. The van der Waals surface area contributed by atoms with Crippen molar-refractivity contribution in [1.29, 1.82) is 0 Å². The Morgan fingerprint density at radius 1 is 1.19 bits per heavy atom. The predicted octanol–water partition coefficient (Wildman–Crippen LogP) is 3.72. The smallest absolute Gasteiger partial charge is 0.252 e. The molecule has 21 heavy (non-hydrogen) atoms. The average molecular weight is 395 g/mol. The molecule has 2 rings (SSSR count). The van der Waals surface area contributed by atoms with Crippen LogP contribution in [0.25, 0.3) is 0 Å². The summed E-state index contributed by atoms with van der Waals surface area (Å²) in [5.74, 6) is 0.808. The highest BCUT2D eigenvalue weighted by Crippen LogP contribution is 2.18. The van der Waals surface area contributed by atoms with Crippen molar-refractivity contribution in [3.63, 3.8) is 0 Å². The second kappa shape index (κ2) is 7.45. The number of nitrogens with one attached hydrogen (secondary N) is 1. The normalized spacial score (nSPS) is 10.2. The van der Waals surface area contributed by atoms with E-state index < -0.39 is 0 Å². The molecular weight excluding hydrogens is 377 g/mol. The standard InChI is InChI=1S/C17H18INO2/c1-12-7-8-13(2)16(11-12)21-10-9-19-17(20)14-5-3-4-6-15(14)18/h3-8,11H,9-10H2,1-2H3,(H,19,20). The Morgan fingerprint density at radius 2 is 1.95 bits per heavy atom. The van der Waals surface area contributed by atoms with Crippen LogP contribution in [0.4, 0.5) is 0 Å². The monoisotopic (exact) mass is 395 g/mol. The molecule has 0 aromatic heterocycles. The molecular formula is C17H18INO2. The molecule has 0 radical (unpaired) electrons. The summed E-state index contributed by atoms with van der Waals surface area (Å²) in [4.78, 5) is 12.0. The first-order valence-electron chi connectivity index (χ1n) is 6.80. The van der Waals surface area contributed by atoms with Crippen molar-refractivity contribution >= 4 is 28.5 Å². The molecule has 0 saturated heterocycles. The van der Waals surface area contributed by atoms with Crippen molar-refractivity contribution in [1.82, 2.24) is 5.32 Å². The summed E-state index contributed by atoms with van der Waals surface area (Å²) in [6, 6.07) is 13.6. The van der Waals surface area contributed by atoms with Crippen molar-refractivity contribution in [3.05, 3.63) is 62.7 Å². The van der Waals surface area contributed by atoms with Gasteiger partial charge in [0.25, 0.3) is 5.91 Å². The molecule has 3 nitrogen and oxygen atoms in total. The molecule has 0 aliphatic carbocycles. The minimum Gasteiger partial charge on any atom is -0.491 e. The van der Waals surface area contributed by atoms with Crippen LogP contribution in [0.1, 0.15) is 21.5 Å². The number of carbonyl (C=O) groups is 1. The van der Waals surface area contributed by atoms with E-state index in [1.807, 2.05) is 50.2 Å². The fraction of sp³-hybridized carbons (Fsp3) is 0.235. The van der Waals surface area contributed by atoms with Crippen LogP contribution >= 0.6 is 22.6 Å². The van der Waals surface area contributed by atoms with Gasteiger partial charge in [0.2, 0.25) is 0 Å². The Hall–Kier alpha value is -1.56. The molecule has 1 amide bonds. The fourth-order valence-electron chi connectivity index (χ4n) is 1.93. The number of hydrogen-bond donors (Lipinski definition) is 1. The molecule has 2 aromatic carbocycles. The molecule has 0 unspecified atom stereocenters. The minimum atomic E-state index is -0.0652. The topological polar surface area (TPSA) is 38.3 Å². The van der Waals surface area contributed by atoms with Crippen LogP contribution in [0.5, 0.6) is 5.75 Å². The molecule has 0 saturated carbocycles.